The number of aromatic nitrogens is 3. The fourth-order valence-electron chi connectivity index (χ4n) is 5.31. The van der Waals surface area contributed by atoms with E-state index in [-0.39, 0.29) is 34.4 Å². The van der Waals surface area contributed by atoms with Crippen LogP contribution in [0, 0.1) is 11.6 Å². The molecule has 10 heteroatoms. The number of nitrogens with zero attached hydrogens (tertiary/aromatic N) is 5. The first-order valence-electron chi connectivity index (χ1n) is 12.1. The van der Waals surface area contributed by atoms with Gasteiger partial charge in [-0.05, 0) is 38.6 Å². The van der Waals surface area contributed by atoms with Gasteiger partial charge in [0, 0.05) is 30.2 Å². The summed E-state index contributed by atoms with van der Waals surface area (Å²) in [7, 11) is 0. The number of halogens is 3. The number of likely N-dealkylation sites (tertiary alicyclic amines) is 1. The van der Waals surface area contributed by atoms with Crippen LogP contribution in [0.3, 0.4) is 0 Å². The van der Waals surface area contributed by atoms with E-state index >= 15 is 4.39 Å². The Morgan fingerprint density at radius 2 is 1.92 bits per heavy atom. The summed E-state index contributed by atoms with van der Waals surface area (Å²) in [6.45, 7) is 6.68. The van der Waals surface area contributed by atoms with E-state index in [1.807, 2.05) is 20.8 Å². The minimum atomic E-state index is -0.631. The molecule has 2 aromatic carbocycles. The van der Waals surface area contributed by atoms with Crippen LogP contribution in [0.1, 0.15) is 27.2 Å². The van der Waals surface area contributed by atoms with Crippen molar-refractivity contribution in [2.24, 2.45) is 0 Å². The summed E-state index contributed by atoms with van der Waals surface area (Å²) in [4.78, 5) is 29.5. The number of anilines is 1. The summed E-state index contributed by atoms with van der Waals surface area (Å²) >= 11 is 6.27. The molecule has 2 aromatic heterocycles. The van der Waals surface area contributed by atoms with E-state index in [1.165, 1.54) is 12.4 Å². The topological polar surface area (TPSA) is 71.5 Å². The molecule has 2 atom stereocenters. The Morgan fingerprint density at radius 1 is 1.11 bits per heavy atom. The molecule has 0 unspecified atom stereocenters. The molecular weight excluding hydrogens is 500 g/mol. The van der Waals surface area contributed by atoms with Crippen molar-refractivity contribution >= 4 is 45.2 Å². The zero-order valence-corrected chi connectivity index (χ0v) is 21.3. The number of rotatable bonds is 2. The molecule has 2 aliphatic rings. The van der Waals surface area contributed by atoms with Gasteiger partial charge in [-0.1, -0.05) is 35.9 Å². The highest BCUT2D eigenvalue weighted by molar-refractivity contribution is 6.36. The standard InChI is InChI=1S/C27H24ClF2N5O2/c1-27(2,3)37-26(36)35-12-19-18(35)9-10-34(19)25-16-11-31-23(22(30)24(16)32-13-33-25)15-6-4-5-14-7-8-17(29)21(28)20(14)15/h4-8,11,13,18-19H,9-10,12H2,1-3H3/t18-,19-/m1/s1. The van der Waals surface area contributed by atoms with Gasteiger partial charge in [0.15, 0.2) is 5.82 Å². The number of benzene rings is 2. The number of carbonyl (C=O) groups is 1. The Bertz CT molecular complexity index is 1570. The van der Waals surface area contributed by atoms with Gasteiger partial charge in [-0.3, -0.25) is 4.98 Å². The molecule has 2 saturated heterocycles. The molecule has 190 valence electrons. The van der Waals surface area contributed by atoms with Crippen LogP contribution in [-0.4, -0.2) is 56.7 Å². The van der Waals surface area contributed by atoms with Crippen molar-refractivity contribution in [3.63, 3.8) is 0 Å². The molecule has 7 nitrogen and oxygen atoms in total. The second-order valence-electron chi connectivity index (χ2n) is 10.4. The molecule has 4 heterocycles. The van der Waals surface area contributed by atoms with Crippen LogP contribution in [0.4, 0.5) is 19.4 Å². The van der Waals surface area contributed by atoms with Crippen LogP contribution >= 0.6 is 11.6 Å². The Kier molecular flexibility index (Phi) is 5.45. The first-order valence-corrected chi connectivity index (χ1v) is 12.4. The predicted octanol–water partition coefficient (Wildman–Crippen LogP) is 5.97. The van der Waals surface area contributed by atoms with Gasteiger partial charge in [-0.2, -0.15) is 0 Å². The van der Waals surface area contributed by atoms with Gasteiger partial charge < -0.3 is 14.5 Å². The Morgan fingerprint density at radius 3 is 2.70 bits per heavy atom. The van der Waals surface area contributed by atoms with Crippen molar-refractivity contribution in [2.75, 3.05) is 18.0 Å². The van der Waals surface area contributed by atoms with Crippen molar-refractivity contribution in [1.29, 1.82) is 0 Å². The quantitative estimate of drug-likeness (QED) is 0.322. The molecule has 0 N–H and O–H groups in total. The normalized spacial score (nSPS) is 19.3. The Balaban J connectivity index is 1.36. The lowest BCUT2D eigenvalue weighted by molar-refractivity contribution is -0.00710. The SMILES string of the molecule is CC(C)(C)OC(=O)N1C[C@@H]2[C@H]1CCN2c1ncnc2c(F)c(-c3cccc4ccc(F)c(Cl)c34)ncc12. The van der Waals surface area contributed by atoms with Crippen molar-refractivity contribution in [3.8, 4) is 11.3 Å². The van der Waals surface area contributed by atoms with Gasteiger partial charge >= 0.3 is 6.09 Å². The first kappa shape index (κ1) is 23.8. The number of pyridine rings is 1. The minimum Gasteiger partial charge on any atom is -0.444 e. The van der Waals surface area contributed by atoms with E-state index in [9.17, 15) is 9.18 Å². The van der Waals surface area contributed by atoms with E-state index in [4.69, 9.17) is 16.3 Å². The lowest BCUT2D eigenvalue weighted by Gasteiger charge is -2.46. The summed E-state index contributed by atoms with van der Waals surface area (Å²) in [5, 5.41) is 1.46. The first-order chi connectivity index (χ1) is 17.6. The second-order valence-corrected chi connectivity index (χ2v) is 10.8. The predicted molar refractivity (Wildman–Crippen MR) is 138 cm³/mol. The Hall–Kier alpha value is -3.59. The summed E-state index contributed by atoms with van der Waals surface area (Å²) in [6, 6.07) is 8.14. The average Bonchev–Trinajstić information content (AvgIpc) is 3.15. The smallest absolute Gasteiger partial charge is 0.410 e. The minimum absolute atomic E-state index is 0.00432. The molecule has 0 bridgehead atoms. The van der Waals surface area contributed by atoms with Crippen molar-refractivity contribution in [3.05, 3.63) is 59.5 Å². The van der Waals surface area contributed by atoms with Crippen molar-refractivity contribution in [1.82, 2.24) is 19.9 Å². The third kappa shape index (κ3) is 3.83. The third-order valence-electron chi connectivity index (χ3n) is 6.99. The molecule has 1 amide bonds. The van der Waals surface area contributed by atoms with E-state index in [0.29, 0.717) is 40.6 Å². The zero-order chi connectivity index (χ0) is 26.1. The van der Waals surface area contributed by atoms with Gasteiger partial charge in [0.2, 0.25) is 0 Å². The molecule has 37 heavy (non-hydrogen) atoms. The molecule has 0 spiro atoms. The molecule has 2 aliphatic heterocycles. The van der Waals surface area contributed by atoms with Crippen LogP contribution < -0.4 is 4.90 Å². The molecule has 2 fully saturated rings. The van der Waals surface area contributed by atoms with Gasteiger partial charge in [0.1, 0.15) is 34.8 Å². The molecule has 0 aliphatic carbocycles. The number of ether oxygens (including phenoxy) is 1. The Labute approximate surface area is 217 Å². The van der Waals surface area contributed by atoms with E-state index in [1.54, 1.807) is 35.4 Å². The van der Waals surface area contributed by atoms with Crippen LogP contribution in [0.15, 0.2) is 42.9 Å². The lowest BCUT2D eigenvalue weighted by Crippen LogP contribution is -2.64. The van der Waals surface area contributed by atoms with Gasteiger partial charge in [-0.15, -0.1) is 0 Å². The maximum Gasteiger partial charge on any atom is 0.410 e. The number of fused-ring (bicyclic) bond motifs is 3. The highest BCUT2D eigenvalue weighted by Gasteiger charge is 2.51. The van der Waals surface area contributed by atoms with E-state index in [0.717, 1.165) is 6.42 Å². The fraction of sp³-hybridized carbons (Fsp3) is 0.333. The number of carbonyl (C=O) groups excluding carboxylic acids is 1. The van der Waals surface area contributed by atoms with E-state index < -0.39 is 17.2 Å². The number of amides is 1. The van der Waals surface area contributed by atoms with Crippen molar-refractivity contribution in [2.45, 2.75) is 44.9 Å². The molecular formula is C27H24ClF2N5O2. The summed E-state index contributed by atoms with van der Waals surface area (Å²) in [5.41, 5.74) is -0.0278. The van der Waals surface area contributed by atoms with Crippen LogP contribution in [-0.2, 0) is 4.74 Å². The number of hydrogen-bond donors (Lipinski definition) is 0. The highest BCUT2D eigenvalue weighted by atomic mass is 35.5. The van der Waals surface area contributed by atoms with E-state index in [2.05, 4.69) is 19.9 Å². The largest absolute Gasteiger partial charge is 0.444 e. The van der Waals surface area contributed by atoms with Crippen LogP contribution in [0.2, 0.25) is 5.02 Å². The monoisotopic (exact) mass is 523 g/mol. The molecule has 0 radical (unpaired) electrons. The molecule has 0 saturated carbocycles. The summed E-state index contributed by atoms with van der Waals surface area (Å²) in [6.07, 6.45) is 3.30. The summed E-state index contributed by atoms with van der Waals surface area (Å²) < 4.78 is 35.7. The second kappa shape index (κ2) is 8.48. The van der Waals surface area contributed by atoms with Gasteiger partial charge in [0.25, 0.3) is 0 Å². The maximum atomic E-state index is 15.9. The molecule has 4 aromatic rings. The summed E-state index contributed by atoms with van der Waals surface area (Å²) in [5.74, 6) is -0.646. The van der Waals surface area contributed by atoms with Gasteiger partial charge in [0.05, 0.1) is 22.5 Å². The van der Waals surface area contributed by atoms with Crippen molar-refractivity contribution < 1.29 is 18.3 Å². The zero-order valence-electron chi connectivity index (χ0n) is 20.5. The van der Waals surface area contributed by atoms with Crippen LogP contribution in [0.25, 0.3) is 32.9 Å². The molecule has 6 rings (SSSR count). The average molecular weight is 524 g/mol. The fourth-order valence-corrected chi connectivity index (χ4v) is 5.59. The highest BCUT2D eigenvalue weighted by Crippen LogP contribution is 2.40. The maximum absolute atomic E-state index is 15.9. The third-order valence-corrected chi connectivity index (χ3v) is 7.36. The number of hydrogen-bond acceptors (Lipinski definition) is 6. The lowest BCUT2D eigenvalue weighted by atomic mass is 9.98. The van der Waals surface area contributed by atoms with Gasteiger partial charge in [-0.25, -0.2) is 23.5 Å². The van der Waals surface area contributed by atoms with Crippen LogP contribution in [0.5, 0.6) is 0 Å².